The summed E-state index contributed by atoms with van der Waals surface area (Å²) >= 11 is 0. The first-order valence-electron chi connectivity index (χ1n) is 7.19. The second-order valence-corrected chi connectivity index (χ2v) is 5.65. The Morgan fingerprint density at radius 2 is 1.85 bits per heavy atom. The number of aryl methyl sites for hydroxylation is 2. The van der Waals surface area contributed by atoms with Crippen LogP contribution < -0.4 is 21.3 Å². The molecule has 1 aliphatic rings. The summed E-state index contributed by atoms with van der Waals surface area (Å²) in [5, 5.41) is 8.59. The summed E-state index contributed by atoms with van der Waals surface area (Å²) in [4.78, 5) is 9.27. The van der Waals surface area contributed by atoms with Crippen molar-refractivity contribution in [1.82, 2.24) is 10.6 Å². The molecule has 0 aromatic heterocycles. The average Bonchev–Trinajstić information content (AvgIpc) is 2.44. The Bertz CT molecular complexity index is 602. The number of nitrogens with zero attached hydrogens (tertiary/aromatic N) is 2. The van der Waals surface area contributed by atoms with Crippen molar-refractivity contribution in [2.24, 2.45) is 15.9 Å². The minimum absolute atomic E-state index is 0.364. The van der Waals surface area contributed by atoms with E-state index in [1.807, 2.05) is 6.20 Å². The van der Waals surface area contributed by atoms with Crippen molar-refractivity contribution in [2.75, 3.05) is 13.2 Å². The van der Waals surface area contributed by atoms with Crippen LogP contribution in [0.25, 0.3) is 0 Å². The van der Waals surface area contributed by atoms with Crippen LogP contribution in [-0.2, 0) is 0 Å². The molecule has 108 valence electrons. The summed E-state index contributed by atoms with van der Waals surface area (Å²) in [7, 11) is 0. The molecule has 0 amide bonds. The van der Waals surface area contributed by atoms with Crippen molar-refractivity contribution in [3.63, 3.8) is 0 Å². The zero-order valence-electron chi connectivity index (χ0n) is 12.8. The SMILES string of the molecule is Cc1cc2/c(cc1C)=N/C=C/NCNC(C(C)C)C\N=2. The van der Waals surface area contributed by atoms with E-state index in [0.717, 1.165) is 23.9 Å². The van der Waals surface area contributed by atoms with Gasteiger partial charge in [0.2, 0.25) is 0 Å². The number of nitrogens with one attached hydrogen (secondary N) is 2. The molecule has 0 aliphatic carbocycles. The molecule has 0 radical (unpaired) electrons. The van der Waals surface area contributed by atoms with Gasteiger partial charge in [-0.1, -0.05) is 13.8 Å². The lowest BCUT2D eigenvalue weighted by Crippen LogP contribution is -2.41. The summed E-state index contributed by atoms with van der Waals surface area (Å²) in [6.07, 6.45) is 3.66. The van der Waals surface area contributed by atoms with E-state index in [1.165, 1.54) is 11.1 Å². The summed E-state index contributed by atoms with van der Waals surface area (Å²) in [6, 6.07) is 4.60. The third-order valence-electron chi connectivity index (χ3n) is 3.73. The highest BCUT2D eigenvalue weighted by Gasteiger charge is 2.11. The van der Waals surface area contributed by atoms with Crippen LogP contribution in [0.2, 0.25) is 0 Å². The van der Waals surface area contributed by atoms with Crippen LogP contribution in [-0.4, -0.2) is 19.3 Å². The highest BCUT2D eigenvalue weighted by molar-refractivity contribution is 5.23. The Morgan fingerprint density at radius 3 is 2.55 bits per heavy atom. The van der Waals surface area contributed by atoms with Gasteiger partial charge in [0.25, 0.3) is 0 Å². The zero-order chi connectivity index (χ0) is 14.5. The van der Waals surface area contributed by atoms with Gasteiger partial charge >= 0.3 is 0 Å². The number of fused-ring (bicyclic) bond motifs is 1. The molecule has 20 heavy (non-hydrogen) atoms. The Balaban J connectivity index is 2.49. The second-order valence-electron chi connectivity index (χ2n) is 5.65. The van der Waals surface area contributed by atoms with Gasteiger partial charge in [0, 0.05) is 18.4 Å². The van der Waals surface area contributed by atoms with Crippen molar-refractivity contribution in [3.05, 3.63) is 46.4 Å². The zero-order valence-corrected chi connectivity index (χ0v) is 12.8. The van der Waals surface area contributed by atoms with Crippen molar-refractivity contribution in [3.8, 4) is 0 Å². The molecule has 2 rings (SSSR count). The van der Waals surface area contributed by atoms with Crippen molar-refractivity contribution in [1.29, 1.82) is 0 Å². The topological polar surface area (TPSA) is 48.8 Å². The Morgan fingerprint density at radius 1 is 1.15 bits per heavy atom. The lowest BCUT2D eigenvalue weighted by molar-refractivity contribution is 0.400. The van der Waals surface area contributed by atoms with Crippen LogP contribution in [0.3, 0.4) is 0 Å². The van der Waals surface area contributed by atoms with E-state index in [2.05, 4.69) is 55.5 Å². The predicted octanol–water partition coefficient (Wildman–Crippen LogP) is 1.19. The maximum absolute atomic E-state index is 4.78. The molecule has 1 unspecified atom stereocenters. The fourth-order valence-electron chi connectivity index (χ4n) is 2.14. The van der Waals surface area contributed by atoms with Crippen LogP contribution in [0.1, 0.15) is 25.0 Å². The molecule has 4 nitrogen and oxygen atoms in total. The number of benzene rings is 1. The molecular weight excluding hydrogens is 248 g/mol. The first kappa shape index (κ1) is 14.7. The van der Waals surface area contributed by atoms with Crippen LogP contribution in [0.15, 0.2) is 34.5 Å². The first-order chi connectivity index (χ1) is 9.58. The third-order valence-corrected chi connectivity index (χ3v) is 3.73. The first-order valence-corrected chi connectivity index (χ1v) is 7.19. The van der Waals surface area contributed by atoms with Crippen LogP contribution in [0.4, 0.5) is 0 Å². The second kappa shape index (κ2) is 6.66. The van der Waals surface area contributed by atoms with Gasteiger partial charge < -0.3 is 5.32 Å². The highest BCUT2D eigenvalue weighted by atomic mass is 15.1. The number of hydrogen-bond acceptors (Lipinski definition) is 4. The molecule has 2 N–H and O–H groups in total. The minimum atomic E-state index is 0.364. The van der Waals surface area contributed by atoms with E-state index in [0.29, 0.717) is 12.0 Å². The predicted molar refractivity (Wildman–Crippen MR) is 82.0 cm³/mol. The number of rotatable bonds is 1. The highest BCUT2D eigenvalue weighted by Crippen LogP contribution is 2.02. The largest absolute Gasteiger partial charge is 0.377 e. The summed E-state index contributed by atoms with van der Waals surface area (Å²) in [5.74, 6) is 0.539. The van der Waals surface area contributed by atoms with E-state index in [-0.39, 0.29) is 0 Å². The normalized spacial score (nSPS) is 24.4. The Labute approximate surface area is 120 Å². The summed E-state index contributed by atoms with van der Waals surface area (Å²) < 4.78 is 0. The molecule has 1 aromatic rings. The third kappa shape index (κ3) is 3.67. The van der Waals surface area contributed by atoms with Crippen LogP contribution in [0, 0.1) is 19.8 Å². The van der Waals surface area contributed by atoms with Crippen molar-refractivity contribution in [2.45, 2.75) is 33.7 Å². The maximum Gasteiger partial charge on any atom is 0.0885 e. The van der Waals surface area contributed by atoms with E-state index in [4.69, 9.17) is 4.99 Å². The molecule has 0 fully saturated rings. The van der Waals surface area contributed by atoms with E-state index in [9.17, 15) is 0 Å². The van der Waals surface area contributed by atoms with Crippen molar-refractivity contribution >= 4 is 0 Å². The van der Waals surface area contributed by atoms with Crippen LogP contribution >= 0.6 is 0 Å². The molecule has 0 spiro atoms. The van der Waals surface area contributed by atoms with Gasteiger partial charge in [0.1, 0.15) is 0 Å². The summed E-state index contributed by atoms with van der Waals surface area (Å²) in [5.41, 5.74) is 2.51. The van der Waals surface area contributed by atoms with Crippen LogP contribution in [0.5, 0.6) is 0 Å². The van der Waals surface area contributed by atoms with E-state index >= 15 is 0 Å². The average molecular weight is 272 g/mol. The maximum atomic E-state index is 4.78. The van der Waals surface area contributed by atoms with Gasteiger partial charge in [-0.05, 0) is 43.0 Å². The summed E-state index contributed by atoms with van der Waals surface area (Å²) in [6.45, 7) is 10.2. The molecular formula is C16H24N4. The van der Waals surface area contributed by atoms with Gasteiger partial charge in [-0.2, -0.15) is 0 Å². The molecule has 1 atom stereocenters. The smallest absolute Gasteiger partial charge is 0.0885 e. The van der Waals surface area contributed by atoms with Gasteiger partial charge in [-0.3, -0.25) is 15.3 Å². The van der Waals surface area contributed by atoms with Gasteiger partial charge in [-0.15, -0.1) is 0 Å². The molecule has 1 aromatic carbocycles. The fraction of sp³-hybridized carbons (Fsp3) is 0.500. The van der Waals surface area contributed by atoms with Gasteiger partial charge in [-0.25, -0.2) is 0 Å². The standard InChI is InChI=1S/C16H24N4/c1-11(2)16-9-19-15-8-13(4)12(3)7-14(15)18-6-5-17-10-20-16/h5-8,11,16-17,20H,9-10H2,1-4H3/b6-5+,18-14+,19-15-. The van der Waals surface area contributed by atoms with Gasteiger partial charge in [0.15, 0.2) is 0 Å². The van der Waals surface area contributed by atoms with E-state index < -0.39 is 0 Å². The molecule has 4 heteroatoms. The van der Waals surface area contributed by atoms with E-state index in [1.54, 1.807) is 6.20 Å². The fourth-order valence-corrected chi connectivity index (χ4v) is 2.14. The van der Waals surface area contributed by atoms with Gasteiger partial charge in [0.05, 0.1) is 23.9 Å². The monoisotopic (exact) mass is 272 g/mol. The molecule has 1 heterocycles. The number of hydrogen-bond donors (Lipinski definition) is 2. The molecule has 1 aliphatic heterocycles. The lowest BCUT2D eigenvalue weighted by Gasteiger charge is -2.20. The lowest BCUT2D eigenvalue weighted by atomic mass is 10.0. The Hall–Kier alpha value is -1.68. The Kier molecular flexibility index (Phi) is 4.90. The molecule has 0 saturated carbocycles. The molecule has 0 saturated heterocycles. The quantitative estimate of drug-likeness (QED) is 0.807. The molecule has 0 bridgehead atoms. The van der Waals surface area contributed by atoms with Crippen molar-refractivity contribution < 1.29 is 0 Å². The minimum Gasteiger partial charge on any atom is -0.377 e.